The van der Waals surface area contributed by atoms with Crippen LogP contribution in [-0.4, -0.2) is 12.7 Å². The van der Waals surface area contributed by atoms with E-state index in [1.807, 2.05) is 30.3 Å². The lowest BCUT2D eigenvalue weighted by molar-refractivity contribution is 0.164. The third-order valence-electron chi connectivity index (χ3n) is 3.52. The second-order valence-corrected chi connectivity index (χ2v) is 5.83. The van der Waals surface area contributed by atoms with Gasteiger partial charge in [-0.15, -0.1) is 11.3 Å². The molecule has 2 aromatic carbocycles. The number of hydrogen-bond donors (Lipinski definition) is 0. The van der Waals surface area contributed by atoms with Gasteiger partial charge in [0.1, 0.15) is 11.9 Å². The fraction of sp³-hybridized carbons (Fsp3) is 0.176. The number of fused-ring (bicyclic) bond motifs is 1. The Labute approximate surface area is 121 Å². The maximum absolute atomic E-state index is 6.28. The van der Waals surface area contributed by atoms with Crippen molar-refractivity contribution in [3.63, 3.8) is 0 Å². The van der Waals surface area contributed by atoms with Crippen LogP contribution in [0, 0.1) is 0 Å². The Hall–Kier alpha value is -1.84. The van der Waals surface area contributed by atoms with Crippen LogP contribution in [0.3, 0.4) is 0 Å². The number of epoxide rings is 1. The number of benzene rings is 2. The van der Waals surface area contributed by atoms with Crippen LogP contribution in [-0.2, 0) is 4.74 Å². The fourth-order valence-electron chi connectivity index (χ4n) is 2.43. The summed E-state index contributed by atoms with van der Waals surface area (Å²) in [6.07, 6.45) is 0.150. The lowest BCUT2D eigenvalue weighted by Gasteiger charge is -2.18. The van der Waals surface area contributed by atoms with Gasteiger partial charge in [0.05, 0.1) is 11.3 Å². The normalized spacial score (nSPS) is 18.9. The Morgan fingerprint density at radius 1 is 1.05 bits per heavy atom. The van der Waals surface area contributed by atoms with Crippen molar-refractivity contribution in [2.45, 2.75) is 12.2 Å². The fourth-order valence-corrected chi connectivity index (χ4v) is 3.28. The van der Waals surface area contributed by atoms with Gasteiger partial charge in [-0.2, -0.15) is 0 Å². The van der Waals surface area contributed by atoms with Gasteiger partial charge in [0.15, 0.2) is 6.10 Å². The lowest BCUT2D eigenvalue weighted by atomic mass is 10.1. The lowest BCUT2D eigenvalue weighted by Crippen LogP contribution is -2.14. The van der Waals surface area contributed by atoms with Crippen LogP contribution in [0.5, 0.6) is 5.75 Å². The first kappa shape index (κ1) is 11.9. The Balaban J connectivity index is 1.70. The molecule has 1 aromatic heterocycles. The quantitative estimate of drug-likeness (QED) is 0.661. The molecule has 0 spiro atoms. The van der Waals surface area contributed by atoms with Crippen LogP contribution in [0.25, 0.3) is 10.1 Å². The predicted molar refractivity (Wildman–Crippen MR) is 81.4 cm³/mol. The van der Waals surface area contributed by atoms with Crippen molar-refractivity contribution in [1.29, 1.82) is 0 Å². The molecule has 2 heterocycles. The molecule has 1 saturated heterocycles. The molecule has 4 rings (SSSR count). The van der Waals surface area contributed by atoms with E-state index >= 15 is 0 Å². The molecule has 0 radical (unpaired) electrons. The first-order valence-corrected chi connectivity index (χ1v) is 7.59. The molecule has 2 nitrogen and oxygen atoms in total. The highest BCUT2D eigenvalue weighted by Crippen LogP contribution is 2.37. The van der Waals surface area contributed by atoms with Gasteiger partial charge in [-0.3, -0.25) is 0 Å². The van der Waals surface area contributed by atoms with Crippen LogP contribution in [0.15, 0.2) is 60.0 Å². The summed E-state index contributed by atoms with van der Waals surface area (Å²) in [6, 6.07) is 18.6. The minimum atomic E-state index is -0.0242. The SMILES string of the molecule is c1ccc(C(Oc2cccc3ccsc23)[C@@H]2CO2)cc1. The largest absolute Gasteiger partial charge is 0.481 e. The Bertz CT molecular complexity index is 716. The monoisotopic (exact) mass is 282 g/mol. The van der Waals surface area contributed by atoms with Gasteiger partial charge in [-0.05, 0) is 28.5 Å². The zero-order valence-corrected chi connectivity index (χ0v) is 11.7. The molecule has 0 saturated carbocycles. The average molecular weight is 282 g/mol. The van der Waals surface area contributed by atoms with Gasteiger partial charge in [0, 0.05) is 0 Å². The van der Waals surface area contributed by atoms with E-state index in [1.54, 1.807) is 11.3 Å². The maximum Gasteiger partial charge on any atom is 0.152 e. The van der Waals surface area contributed by atoms with Crippen molar-refractivity contribution < 1.29 is 9.47 Å². The van der Waals surface area contributed by atoms with Crippen molar-refractivity contribution in [1.82, 2.24) is 0 Å². The summed E-state index contributed by atoms with van der Waals surface area (Å²) in [6.45, 7) is 0.778. The maximum atomic E-state index is 6.28. The highest BCUT2D eigenvalue weighted by atomic mass is 32.1. The van der Waals surface area contributed by atoms with Crippen LogP contribution in [0.1, 0.15) is 11.7 Å². The van der Waals surface area contributed by atoms with Gasteiger partial charge >= 0.3 is 0 Å². The number of hydrogen-bond acceptors (Lipinski definition) is 3. The van der Waals surface area contributed by atoms with Gasteiger partial charge in [0.25, 0.3) is 0 Å². The Morgan fingerprint density at radius 3 is 2.70 bits per heavy atom. The predicted octanol–water partition coefficient (Wildman–Crippen LogP) is 4.42. The molecule has 0 bridgehead atoms. The molecular weight excluding hydrogens is 268 g/mol. The van der Waals surface area contributed by atoms with Gasteiger partial charge in [0.2, 0.25) is 0 Å². The molecule has 1 aliphatic heterocycles. The summed E-state index contributed by atoms with van der Waals surface area (Å²) < 4.78 is 13.0. The molecular formula is C17H14O2S. The van der Waals surface area contributed by atoms with Crippen molar-refractivity contribution in [3.8, 4) is 5.75 Å². The third-order valence-corrected chi connectivity index (χ3v) is 4.47. The standard InChI is InChI=1S/C17H14O2S/c1-2-5-12(6-3-1)16(15-11-18-15)19-14-8-4-7-13-9-10-20-17(13)14/h1-10,15-16H,11H2/t15-,16?/m0/s1. The highest BCUT2D eigenvalue weighted by molar-refractivity contribution is 7.17. The van der Waals surface area contributed by atoms with Crippen LogP contribution >= 0.6 is 11.3 Å². The summed E-state index contributed by atoms with van der Waals surface area (Å²) in [5.41, 5.74) is 1.17. The van der Waals surface area contributed by atoms with Crippen molar-refractivity contribution in [3.05, 3.63) is 65.5 Å². The second-order valence-electron chi connectivity index (χ2n) is 4.92. The topological polar surface area (TPSA) is 21.8 Å². The number of thiophene rings is 1. The minimum absolute atomic E-state index is 0.0242. The molecule has 3 heteroatoms. The molecule has 0 N–H and O–H groups in total. The van der Waals surface area contributed by atoms with Crippen molar-refractivity contribution >= 4 is 21.4 Å². The van der Waals surface area contributed by atoms with E-state index in [4.69, 9.17) is 9.47 Å². The first-order chi connectivity index (χ1) is 9.92. The van der Waals surface area contributed by atoms with Crippen molar-refractivity contribution in [2.75, 3.05) is 6.61 Å². The second kappa shape index (κ2) is 4.93. The molecule has 0 aliphatic carbocycles. The van der Waals surface area contributed by atoms with Gasteiger partial charge in [-0.25, -0.2) is 0 Å². The zero-order valence-electron chi connectivity index (χ0n) is 10.9. The van der Waals surface area contributed by atoms with Crippen LogP contribution < -0.4 is 4.74 Å². The van der Waals surface area contributed by atoms with E-state index in [9.17, 15) is 0 Å². The molecule has 1 fully saturated rings. The van der Waals surface area contributed by atoms with Gasteiger partial charge < -0.3 is 9.47 Å². The molecule has 100 valence electrons. The van der Waals surface area contributed by atoms with E-state index in [1.165, 1.54) is 15.6 Å². The molecule has 20 heavy (non-hydrogen) atoms. The summed E-state index contributed by atoms with van der Waals surface area (Å²) in [5, 5.41) is 3.33. The summed E-state index contributed by atoms with van der Waals surface area (Å²) in [5.74, 6) is 0.946. The molecule has 1 unspecified atom stereocenters. The number of rotatable bonds is 4. The van der Waals surface area contributed by atoms with E-state index < -0.39 is 0 Å². The molecule has 2 atom stereocenters. The van der Waals surface area contributed by atoms with E-state index in [0.29, 0.717) is 0 Å². The summed E-state index contributed by atoms with van der Waals surface area (Å²) in [4.78, 5) is 0. The zero-order chi connectivity index (χ0) is 13.4. The van der Waals surface area contributed by atoms with E-state index in [2.05, 4.69) is 29.6 Å². The third kappa shape index (κ3) is 2.19. The highest BCUT2D eigenvalue weighted by Gasteiger charge is 2.36. The smallest absolute Gasteiger partial charge is 0.152 e. The molecule has 1 aliphatic rings. The number of ether oxygens (including phenoxy) is 2. The average Bonchev–Trinajstić information content (AvgIpc) is 3.22. The van der Waals surface area contributed by atoms with E-state index in [-0.39, 0.29) is 12.2 Å². The van der Waals surface area contributed by atoms with Crippen LogP contribution in [0.4, 0.5) is 0 Å². The molecule has 0 amide bonds. The van der Waals surface area contributed by atoms with Crippen LogP contribution in [0.2, 0.25) is 0 Å². The molecule has 3 aromatic rings. The van der Waals surface area contributed by atoms with E-state index in [0.717, 1.165) is 12.4 Å². The first-order valence-electron chi connectivity index (χ1n) is 6.71. The minimum Gasteiger partial charge on any atom is -0.481 e. The van der Waals surface area contributed by atoms with Gasteiger partial charge in [-0.1, -0.05) is 42.5 Å². The Kier molecular flexibility index (Phi) is 2.94. The summed E-state index contributed by atoms with van der Waals surface area (Å²) >= 11 is 1.72. The summed E-state index contributed by atoms with van der Waals surface area (Å²) in [7, 11) is 0. The Morgan fingerprint density at radius 2 is 1.90 bits per heavy atom. The van der Waals surface area contributed by atoms with Crippen molar-refractivity contribution in [2.24, 2.45) is 0 Å².